The minimum atomic E-state index is -0.197. The van der Waals surface area contributed by atoms with Crippen molar-refractivity contribution in [2.75, 3.05) is 14.2 Å². The van der Waals surface area contributed by atoms with Crippen LogP contribution in [0.3, 0.4) is 0 Å². The molecule has 0 saturated carbocycles. The van der Waals surface area contributed by atoms with E-state index in [0.717, 1.165) is 91.4 Å². The predicted octanol–water partition coefficient (Wildman–Crippen LogP) is 8.70. The van der Waals surface area contributed by atoms with Crippen LogP contribution < -0.4 is 0 Å². The number of aliphatic imine (C=N–C) groups is 2. The van der Waals surface area contributed by atoms with Crippen molar-refractivity contribution in [3.63, 3.8) is 0 Å². The molecule has 0 amide bonds. The Hall–Kier alpha value is -3.24. The predicted molar refractivity (Wildman–Crippen MR) is 194 cm³/mol. The van der Waals surface area contributed by atoms with E-state index < -0.39 is 0 Å². The van der Waals surface area contributed by atoms with Gasteiger partial charge in [0.2, 0.25) is 0 Å². The monoisotopic (exact) mass is 754 g/mol. The summed E-state index contributed by atoms with van der Waals surface area (Å²) < 4.78 is 11.5. The van der Waals surface area contributed by atoms with Gasteiger partial charge in [-0.2, -0.15) is 0 Å². The number of carbonyl (C=O) groups excluding carboxylic acids is 2. The highest BCUT2D eigenvalue weighted by atomic mass is 79.9. The molecule has 4 heterocycles. The smallest absolute Gasteiger partial charge is 0.305 e. The van der Waals surface area contributed by atoms with Crippen LogP contribution in [-0.2, 0) is 44.7 Å². The number of methoxy groups -OCH3 is 2. The summed E-state index contributed by atoms with van der Waals surface area (Å²) in [6, 6.07) is 0. The molecule has 2 aliphatic rings. The fraction of sp³-hybridized carbons (Fsp3) is 0.444. The Bertz CT molecular complexity index is 1600. The van der Waals surface area contributed by atoms with Crippen LogP contribution in [0.15, 0.2) is 43.7 Å². The molecule has 4 rings (SSSR count). The van der Waals surface area contributed by atoms with Gasteiger partial charge in [-0.3, -0.25) is 9.59 Å². The first kappa shape index (κ1) is 35.6. The summed E-state index contributed by atoms with van der Waals surface area (Å²) in [5, 5.41) is 0. The zero-order valence-electron chi connectivity index (χ0n) is 28.1. The lowest BCUT2D eigenvalue weighted by Gasteiger charge is -2.08. The molecular weight excluding hydrogens is 712 g/mol. The summed E-state index contributed by atoms with van der Waals surface area (Å²) in [5.41, 5.74) is 15.6. The third-order valence-electron chi connectivity index (χ3n) is 9.22. The van der Waals surface area contributed by atoms with Crippen LogP contribution in [0.4, 0.5) is 0 Å². The minimum absolute atomic E-state index is 0.197. The van der Waals surface area contributed by atoms with E-state index in [9.17, 15) is 9.59 Å². The van der Waals surface area contributed by atoms with Gasteiger partial charge in [-0.15, -0.1) is 0 Å². The number of aromatic amines is 2. The number of aryl methyl sites for hydroxylation is 2. The highest BCUT2D eigenvalue weighted by Crippen LogP contribution is 2.33. The number of H-pyrrole nitrogens is 2. The second-order valence-corrected chi connectivity index (χ2v) is 13.5. The Labute approximate surface area is 288 Å². The van der Waals surface area contributed by atoms with E-state index in [2.05, 4.69) is 95.5 Å². The first-order chi connectivity index (χ1) is 21.9. The number of ether oxygens (including phenoxy) is 2. The zero-order valence-corrected chi connectivity index (χ0v) is 31.3. The molecule has 0 aliphatic carbocycles. The Kier molecular flexibility index (Phi) is 12.1. The topological polar surface area (TPSA) is 109 Å². The van der Waals surface area contributed by atoms with E-state index in [-0.39, 0.29) is 11.9 Å². The molecular formula is C36H44Br2N4O4. The molecule has 10 heteroatoms. The second kappa shape index (κ2) is 15.6. The van der Waals surface area contributed by atoms with Crippen molar-refractivity contribution in [2.24, 2.45) is 9.98 Å². The molecule has 0 fully saturated rings. The van der Waals surface area contributed by atoms with Gasteiger partial charge in [-0.25, -0.2) is 9.98 Å². The van der Waals surface area contributed by atoms with Crippen LogP contribution in [0.2, 0.25) is 0 Å². The molecule has 2 aromatic rings. The number of nitrogens with one attached hydrogen (secondary N) is 2. The Balaban J connectivity index is 1.68. The Morgan fingerprint density at radius 3 is 1.30 bits per heavy atom. The van der Waals surface area contributed by atoms with E-state index in [0.29, 0.717) is 25.7 Å². The summed E-state index contributed by atoms with van der Waals surface area (Å²) in [6.07, 6.45) is 9.49. The molecule has 46 heavy (non-hydrogen) atoms. The van der Waals surface area contributed by atoms with E-state index in [1.807, 2.05) is 0 Å². The fourth-order valence-corrected chi connectivity index (χ4v) is 6.88. The number of halogens is 2. The number of hydrogen-bond donors (Lipinski definition) is 2. The van der Waals surface area contributed by atoms with Crippen molar-refractivity contribution in [1.82, 2.24) is 9.97 Å². The number of nitrogens with zero attached hydrogens (tertiary/aromatic N) is 2. The van der Waals surface area contributed by atoms with Gasteiger partial charge in [0.15, 0.2) is 0 Å². The van der Waals surface area contributed by atoms with Crippen molar-refractivity contribution in [1.29, 1.82) is 0 Å². The Morgan fingerprint density at radius 2 is 1.00 bits per heavy atom. The number of esters is 2. The standard InChI is InChI=1S/C36H44Br2N4O4/c1-19-21(3)35(37)41-29(19)17-31-23(5)25(11-9-13-33(43)45-7)27(39-31)15-16-28-26(12-10-14-34(44)46-8)24(6)32(40-28)18-30-20(2)22(4)36(38)42-30/h17-18,39-40H,9-16H2,1-8H3/b29-17+,30-18+. The summed E-state index contributed by atoms with van der Waals surface area (Å²) >= 11 is 7.15. The van der Waals surface area contributed by atoms with Gasteiger partial charge >= 0.3 is 11.9 Å². The Morgan fingerprint density at radius 1 is 0.630 bits per heavy atom. The maximum atomic E-state index is 11.9. The van der Waals surface area contributed by atoms with Crippen molar-refractivity contribution in [2.45, 2.75) is 92.9 Å². The lowest BCUT2D eigenvalue weighted by Crippen LogP contribution is -2.04. The number of carbonyl (C=O) groups is 2. The number of hydrogen-bond acceptors (Lipinski definition) is 6. The van der Waals surface area contributed by atoms with E-state index in [1.165, 1.54) is 36.5 Å². The molecule has 0 spiro atoms. The zero-order chi connectivity index (χ0) is 33.7. The molecule has 0 atom stereocenters. The number of rotatable bonds is 13. The molecule has 0 aromatic carbocycles. The molecule has 2 aliphatic heterocycles. The minimum Gasteiger partial charge on any atom is -0.469 e. The van der Waals surface area contributed by atoms with Gasteiger partial charge in [0.25, 0.3) is 0 Å². The fourth-order valence-electron chi connectivity index (χ4n) is 5.90. The molecule has 0 saturated heterocycles. The first-order valence-corrected chi connectivity index (χ1v) is 17.3. The number of aromatic nitrogens is 2. The maximum Gasteiger partial charge on any atom is 0.305 e. The normalized spacial score (nSPS) is 16.7. The van der Waals surface area contributed by atoms with E-state index in [1.54, 1.807) is 0 Å². The molecule has 0 unspecified atom stereocenters. The molecule has 246 valence electrons. The van der Waals surface area contributed by atoms with Crippen molar-refractivity contribution >= 4 is 65.2 Å². The third kappa shape index (κ3) is 8.00. The van der Waals surface area contributed by atoms with E-state index >= 15 is 0 Å². The van der Waals surface area contributed by atoms with Gasteiger partial charge in [-0.05, 0) is 169 Å². The van der Waals surface area contributed by atoms with E-state index in [4.69, 9.17) is 19.5 Å². The van der Waals surface area contributed by atoms with Crippen LogP contribution >= 0.6 is 31.9 Å². The first-order valence-electron chi connectivity index (χ1n) is 15.7. The van der Waals surface area contributed by atoms with Crippen molar-refractivity contribution < 1.29 is 19.1 Å². The quantitative estimate of drug-likeness (QED) is 0.200. The van der Waals surface area contributed by atoms with Gasteiger partial charge in [0, 0.05) is 35.6 Å². The van der Waals surface area contributed by atoms with Crippen molar-refractivity contribution in [3.05, 3.63) is 78.7 Å². The highest BCUT2D eigenvalue weighted by Gasteiger charge is 2.21. The average molecular weight is 757 g/mol. The van der Waals surface area contributed by atoms with Crippen LogP contribution in [0.5, 0.6) is 0 Å². The van der Waals surface area contributed by atoms with Crippen LogP contribution in [-0.4, -0.2) is 45.4 Å². The maximum absolute atomic E-state index is 11.9. The van der Waals surface area contributed by atoms with Crippen molar-refractivity contribution in [3.8, 4) is 0 Å². The molecule has 2 N–H and O–H groups in total. The molecule has 0 bridgehead atoms. The lowest BCUT2D eigenvalue weighted by atomic mass is 9.97. The van der Waals surface area contributed by atoms with Gasteiger partial charge in [0.05, 0.1) is 25.6 Å². The molecule has 8 nitrogen and oxygen atoms in total. The average Bonchev–Trinajstić information content (AvgIpc) is 3.67. The highest BCUT2D eigenvalue weighted by molar-refractivity contribution is 9.18. The van der Waals surface area contributed by atoms with Gasteiger partial charge in [-0.1, -0.05) is 0 Å². The van der Waals surface area contributed by atoms with Crippen LogP contribution in [0, 0.1) is 13.8 Å². The summed E-state index contributed by atoms with van der Waals surface area (Å²) in [7, 11) is 2.86. The summed E-state index contributed by atoms with van der Waals surface area (Å²) in [5.74, 6) is -0.394. The van der Waals surface area contributed by atoms with Gasteiger partial charge < -0.3 is 19.4 Å². The van der Waals surface area contributed by atoms with Crippen LogP contribution in [0.25, 0.3) is 12.2 Å². The third-order valence-corrected chi connectivity index (χ3v) is 10.8. The lowest BCUT2D eigenvalue weighted by molar-refractivity contribution is -0.141. The second-order valence-electron chi connectivity index (χ2n) is 12.0. The summed E-state index contributed by atoms with van der Waals surface area (Å²) in [4.78, 5) is 40.7. The largest absolute Gasteiger partial charge is 0.469 e. The SMILES string of the molecule is COC(=O)CCCc1c(CCc2[nH]c(/C=C3/N=C(Br)C(C)=C3C)c(C)c2CCCC(=O)OC)[nH]c(/C=C2/N=C(Br)C(C)=C2C)c1C. The molecule has 2 aromatic heterocycles. The number of allylic oxidation sites excluding steroid dienone is 4. The molecule has 0 radical (unpaired) electrons. The summed E-state index contributed by atoms with van der Waals surface area (Å²) in [6.45, 7) is 12.6. The van der Waals surface area contributed by atoms with Gasteiger partial charge in [0.1, 0.15) is 9.24 Å². The van der Waals surface area contributed by atoms with Crippen LogP contribution in [0.1, 0.15) is 98.4 Å².